The Morgan fingerprint density at radius 2 is 1.89 bits per heavy atom. The first kappa shape index (κ1) is 11.6. The van der Waals surface area contributed by atoms with Crippen LogP contribution in [0.5, 0.6) is 0 Å². The monoisotopic (exact) mass is 255 g/mol. The third-order valence-electron chi connectivity index (χ3n) is 3.30. The van der Waals surface area contributed by atoms with Gasteiger partial charge in [0.1, 0.15) is 11.6 Å². The highest BCUT2D eigenvalue weighted by atomic mass is 19.1. The van der Waals surface area contributed by atoms with E-state index in [2.05, 4.69) is 4.98 Å². The highest BCUT2D eigenvalue weighted by Crippen LogP contribution is 2.33. The smallest absolute Gasteiger partial charge is 0.131 e. The van der Waals surface area contributed by atoms with Gasteiger partial charge < -0.3 is 16.5 Å². The number of aromatic amines is 1. The van der Waals surface area contributed by atoms with Gasteiger partial charge in [-0.05, 0) is 42.3 Å². The second-order valence-electron chi connectivity index (χ2n) is 4.68. The van der Waals surface area contributed by atoms with Crippen LogP contribution in [0.3, 0.4) is 0 Å². The molecule has 0 atom stereocenters. The molecule has 0 unspecified atom stereocenters. The fraction of sp³-hybridized carbons (Fsp3) is 0.0667. The predicted molar refractivity (Wildman–Crippen MR) is 77.3 cm³/mol. The molecule has 0 aliphatic carbocycles. The second kappa shape index (κ2) is 4.02. The Morgan fingerprint density at radius 3 is 2.63 bits per heavy atom. The van der Waals surface area contributed by atoms with Crippen molar-refractivity contribution in [1.29, 1.82) is 0 Å². The Hall–Kier alpha value is -2.49. The Labute approximate surface area is 110 Å². The van der Waals surface area contributed by atoms with E-state index in [1.807, 2.05) is 19.1 Å². The number of hydrogen-bond acceptors (Lipinski definition) is 2. The largest absolute Gasteiger partial charge is 0.398 e. The van der Waals surface area contributed by atoms with Crippen molar-refractivity contribution in [3.63, 3.8) is 0 Å². The minimum absolute atomic E-state index is 0.252. The van der Waals surface area contributed by atoms with Crippen molar-refractivity contribution in [3.05, 3.63) is 47.8 Å². The Bertz CT molecular complexity index is 754. The normalized spacial score (nSPS) is 11.1. The van der Waals surface area contributed by atoms with E-state index in [1.54, 1.807) is 18.2 Å². The number of benzene rings is 2. The lowest BCUT2D eigenvalue weighted by atomic mass is 9.98. The molecule has 0 radical (unpaired) electrons. The van der Waals surface area contributed by atoms with Crippen LogP contribution in [0, 0.1) is 12.7 Å². The number of rotatable bonds is 1. The van der Waals surface area contributed by atoms with E-state index in [0.29, 0.717) is 17.1 Å². The van der Waals surface area contributed by atoms with Crippen LogP contribution in [0.2, 0.25) is 0 Å². The number of aryl methyl sites for hydroxylation is 1. The van der Waals surface area contributed by atoms with Gasteiger partial charge in [-0.3, -0.25) is 0 Å². The summed E-state index contributed by atoms with van der Waals surface area (Å²) >= 11 is 0. The number of nitrogens with one attached hydrogen (secondary N) is 1. The van der Waals surface area contributed by atoms with E-state index in [-0.39, 0.29) is 5.82 Å². The molecular formula is C15H14FN3. The molecule has 3 nitrogen and oxygen atoms in total. The minimum atomic E-state index is -0.252. The summed E-state index contributed by atoms with van der Waals surface area (Å²) in [5, 5.41) is 0.857. The number of nitrogen functional groups attached to an aromatic ring is 2. The van der Waals surface area contributed by atoms with Gasteiger partial charge in [0.05, 0.1) is 0 Å². The molecule has 0 saturated carbocycles. The van der Waals surface area contributed by atoms with Gasteiger partial charge in [0.25, 0.3) is 0 Å². The van der Waals surface area contributed by atoms with Crippen LogP contribution in [0.15, 0.2) is 36.4 Å². The van der Waals surface area contributed by atoms with Crippen molar-refractivity contribution in [2.24, 2.45) is 0 Å². The first-order valence-electron chi connectivity index (χ1n) is 5.99. The number of fused-ring (bicyclic) bond motifs is 1. The SMILES string of the molecule is Cc1cccc(F)c1-c1cc(N)c2cc(N)[nH]c2c1. The van der Waals surface area contributed by atoms with Gasteiger partial charge in [-0.1, -0.05) is 12.1 Å². The Kier molecular flexibility index (Phi) is 2.45. The standard InChI is InChI=1S/C15H14FN3/c1-8-3-2-4-11(16)15(8)9-5-12(17)10-7-14(18)19-13(10)6-9/h2-7,19H,17-18H2,1H3. The van der Waals surface area contributed by atoms with Gasteiger partial charge in [0.15, 0.2) is 0 Å². The molecular weight excluding hydrogens is 241 g/mol. The van der Waals surface area contributed by atoms with Crippen molar-refractivity contribution in [3.8, 4) is 11.1 Å². The number of aromatic nitrogens is 1. The maximum absolute atomic E-state index is 14.0. The van der Waals surface area contributed by atoms with E-state index in [1.165, 1.54) is 6.07 Å². The average Bonchev–Trinajstić information content (AvgIpc) is 2.70. The van der Waals surface area contributed by atoms with Crippen molar-refractivity contribution in [1.82, 2.24) is 4.98 Å². The summed E-state index contributed by atoms with van der Waals surface area (Å²) in [6, 6.07) is 10.5. The number of halogens is 1. The summed E-state index contributed by atoms with van der Waals surface area (Å²) < 4.78 is 14.0. The minimum Gasteiger partial charge on any atom is -0.398 e. The van der Waals surface area contributed by atoms with Crippen molar-refractivity contribution < 1.29 is 4.39 Å². The predicted octanol–water partition coefficient (Wildman–Crippen LogP) is 3.45. The maximum atomic E-state index is 14.0. The summed E-state index contributed by atoms with van der Waals surface area (Å²) in [4.78, 5) is 3.02. The van der Waals surface area contributed by atoms with E-state index < -0.39 is 0 Å². The molecule has 2 aromatic carbocycles. The quantitative estimate of drug-likeness (QED) is 0.583. The molecule has 4 heteroatoms. The molecule has 0 aliphatic heterocycles. The highest BCUT2D eigenvalue weighted by molar-refractivity contribution is 5.97. The molecule has 0 aliphatic rings. The van der Waals surface area contributed by atoms with Crippen molar-refractivity contribution >= 4 is 22.4 Å². The Balaban J connectivity index is 2.31. The molecule has 0 amide bonds. The maximum Gasteiger partial charge on any atom is 0.131 e. The number of anilines is 2. The first-order chi connectivity index (χ1) is 9.06. The summed E-state index contributed by atoms with van der Waals surface area (Å²) in [6.07, 6.45) is 0. The molecule has 5 N–H and O–H groups in total. The number of hydrogen-bond donors (Lipinski definition) is 3. The Morgan fingerprint density at radius 1 is 1.11 bits per heavy atom. The lowest BCUT2D eigenvalue weighted by Crippen LogP contribution is -1.92. The van der Waals surface area contributed by atoms with Crippen LogP contribution in [0.4, 0.5) is 15.9 Å². The molecule has 96 valence electrons. The molecule has 3 rings (SSSR count). The lowest BCUT2D eigenvalue weighted by Gasteiger charge is -2.09. The van der Waals surface area contributed by atoms with Crippen LogP contribution < -0.4 is 11.5 Å². The van der Waals surface area contributed by atoms with Gasteiger partial charge in [-0.25, -0.2) is 4.39 Å². The second-order valence-corrected chi connectivity index (χ2v) is 4.68. The third kappa shape index (κ3) is 1.81. The van der Waals surface area contributed by atoms with Crippen LogP contribution in [-0.4, -0.2) is 4.98 Å². The van der Waals surface area contributed by atoms with Gasteiger partial charge in [-0.15, -0.1) is 0 Å². The summed E-state index contributed by atoms with van der Waals surface area (Å²) in [5.74, 6) is 0.294. The van der Waals surface area contributed by atoms with E-state index >= 15 is 0 Å². The van der Waals surface area contributed by atoms with Crippen LogP contribution >= 0.6 is 0 Å². The van der Waals surface area contributed by atoms with Gasteiger partial charge in [-0.2, -0.15) is 0 Å². The molecule has 1 aromatic heterocycles. The number of H-pyrrole nitrogens is 1. The topological polar surface area (TPSA) is 67.8 Å². The van der Waals surface area contributed by atoms with Gasteiger partial charge in [0.2, 0.25) is 0 Å². The fourth-order valence-corrected chi connectivity index (χ4v) is 2.43. The summed E-state index contributed by atoms with van der Waals surface area (Å²) in [5.41, 5.74) is 15.3. The zero-order valence-corrected chi connectivity index (χ0v) is 10.5. The van der Waals surface area contributed by atoms with Gasteiger partial charge >= 0.3 is 0 Å². The molecule has 0 saturated heterocycles. The molecule has 0 fully saturated rings. The molecule has 0 spiro atoms. The zero-order chi connectivity index (χ0) is 13.6. The molecule has 19 heavy (non-hydrogen) atoms. The molecule has 0 bridgehead atoms. The third-order valence-corrected chi connectivity index (χ3v) is 3.30. The zero-order valence-electron chi connectivity index (χ0n) is 10.5. The van der Waals surface area contributed by atoms with Crippen LogP contribution in [-0.2, 0) is 0 Å². The first-order valence-corrected chi connectivity index (χ1v) is 5.99. The summed E-state index contributed by atoms with van der Waals surface area (Å²) in [7, 11) is 0. The van der Waals surface area contributed by atoms with E-state index in [9.17, 15) is 4.39 Å². The van der Waals surface area contributed by atoms with E-state index in [4.69, 9.17) is 11.5 Å². The molecule has 3 aromatic rings. The average molecular weight is 255 g/mol. The summed E-state index contributed by atoms with van der Waals surface area (Å²) in [6.45, 7) is 1.88. The van der Waals surface area contributed by atoms with Crippen LogP contribution in [0.25, 0.3) is 22.0 Å². The van der Waals surface area contributed by atoms with Crippen molar-refractivity contribution in [2.75, 3.05) is 11.5 Å². The van der Waals surface area contributed by atoms with Crippen molar-refractivity contribution in [2.45, 2.75) is 6.92 Å². The number of nitrogens with two attached hydrogens (primary N) is 2. The van der Waals surface area contributed by atoms with Crippen LogP contribution in [0.1, 0.15) is 5.56 Å². The highest BCUT2D eigenvalue weighted by Gasteiger charge is 2.11. The lowest BCUT2D eigenvalue weighted by molar-refractivity contribution is 0.630. The van der Waals surface area contributed by atoms with E-state index in [0.717, 1.165) is 22.0 Å². The van der Waals surface area contributed by atoms with Gasteiger partial charge in [0, 0.05) is 22.2 Å². The fourth-order valence-electron chi connectivity index (χ4n) is 2.43. The molecule has 1 heterocycles.